The number of hydrogen-bond acceptors (Lipinski definition) is 7. The third-order valence-electron chi connectivity index (χ3n) is 6.68. The van der Waals surface area contributed by atoms with E-state index >= 15 is 0 Å². The van der Waals surface area contributed by atoms with E-state index in [9.17, 15) is 13.8 Å². The molecule has 0 spiro atoms. The maximum absolute atomic E-state index is 13.4. The van der Waals surface area contributed by atoms with Crippen LogP contribution in [-0.2, 0) is 25.5 Å². The first-order valence-electron chi connectivity index (χ1n) is 13.0. The summed E-state index contributed by atoms with van der Waals surface area (Å²) in [7, 11) is 1.33. The Bertz CT molecular complexity index is 1540. The molecular weight excluding hydrogens is 542 g/mol. The molecule has 4 rings (SSSR count). The van der Waals surface area contributed by atoms with Gasteiger partial charge in [0, 0.05) is 29.2 Å². The number of imidazole rings is 1. The van der Waals surface area contributed by atoms with Crippen LogP contribution in [0.25, 0.3) is 5.69 Å². The van der Waals surface area contributed by atoms with Crippen molar-refractivity contribution in [3.63, 3.8) is 0 Å². The van der Waals surface area contributed by atoms with Crippen LogP contribution in [0.3, 0.4) is 0 Å². The molecule has 9 nitrogen and oxygen atoms in total. The van der Waals surface area contributed by atoms with Crippen molar-refractivity contribution in [1.29, 1.82) is 0 Å². The molecule has 3 aromatic carbocycles. The van der Waals surface area contributed by atoms with Crippen molar-refractivity contribution in [2.45, 2.75) is 46.8 Å². The lowest BCUT2D eigenvalue weighted by Crippen LogP contribution is -2.39. The van der Waals surface area contributed by atoms with Gasteiger partial charge in [0.25, 0.3) is 11.3 Å². The predicted octanol–water partition coefficient (Wildman–Crippen LogP) is 5.16. The third kappa shape index (κ3) is 7.08. The van der Waals surface area contributed by atoms with Crippen molar-refractivity contribution in [2.75, 3.05) is 7.11 Å². The fraction of sp³-hybridized carbons (Fsp3) is 0.258. The average molecular weight is 576 g/mol. The largest absolute Gasteiger partial charge is 0.465 e. The number of nitrogens with zero attached hydrogens (tertiary/aromatic N) is 2. The summed E-state index contributed by atoms with van der Waals surface area (Å²) in [5, 5.41) is 0. The lowest BCUT2D eigenvalue weighted by molar-refractivity contribution is -0.149. The van der Waals surface area contributed by atoms with E-state index in [4.69, 9.17) is 13.7 Å². The van der Waals surface area contributed by atoms with Gasteiger partial charge in [-0.25, -0.2) is 9.78 Å². The summed E-state index contributed by atoms with van der Waals surface area (Å²) in [5.74, 6) is -0.675. The van der Waals surface area contributed by atoms with Gasteiger partial charge in [-0.1, -0.05) is 23.8 Å². The van der Waals surface area contributed by atoms with Gasteiger partial charge in [0.05, 0.1) is 19.0 Å². The summed E-state index contributed by atoms with van der Waals surface area (Å²) in [6.45, 7) is 9.15. The summed E-state index contributed by atoms with van der Waals surface area (Å²) >= 11 is -1.99. The number of ether oxygens (including phenoxy) is 2. The number of carbonyl (C=O) groups excluding carboxylic acids is 2. The number of methoxy groups -OCH3 is 1. The topological polar surface area (TPSA) is 109 Å². The van der Waals surface area contributed by atoms with E-state index in [1.165, 1.54) is 7.11 Å². The number of aryl methyl sites for hydroxylation is 4. The van der Waals surface area contributed by atoms with Crippen LogP contribution in [-0.4, -0.2) is 38.9 Å². The molecule has 1 heterocycles. The van der Waals surface area contributed by atoms with Crippen molar-refractivity contribution in [2.24, 2.45) is 0 Å². The zero-order valence-electron chi connectivity index (χ0n) is 23.8. The first-order chi connectivity index (χ1) is 19.6. The SMILES string of the molecule is COC(=O)c1cc(C)c(C(OC(=O)C(C)NS(=O)Oc2ccc(C)cc2)c2cc(-n3ccnc3)ccc2C)c(C)c1. The minimum absolute atomic E-state index is 0.402. The molecule has 3 atom stereocenters. The highest BCUT2D eigenvalue weighted by Crippen LogP contribution is 2.35. The Labute approximate surface area is 242 Å². The normalized spacial score (nSPS) is 13.2. The first-order valence-corrected chi connectivity index (χ1v) is 14.1. The lowest BCUT2D eigenvalue weighted by Gasteiger charge is -2.26. The molecule has 1 N–H and O–H groups in total. The highest BCUT2D eigenvalue weighted by Gasteiger charge is 2.29. The Hall–Kier alpha value is -4.28. The number of aromatic nitrogens is 2. The molecule has 0 saturated heterocycles. The zero-order chi connectivity index (χ0) is 29.7. The zero-order valence-corrected chi connectivity index (χ0v) is 24.7. The summed E-state index contributed by atoms with van der Waals surface area (Å²) in [5.41, 5.74) is 6.17. The fourth-order valence-corrected chi connectivity index (χ4v) is 5.22. The molecule has 1 aromatic heterocycles. The van der Waals surface area contributed by atoms with E-state index in [1.807, 2.05) is 68.8 Å². The van der Waals surface area contributed by atoms with Gasteiger partial charge in [-0.2, -0.15) is 8.93 Å². The molecule has 0 saturated carbocycles. The molecule has 214 valence electrons. The van der Waals surface area contributed by atoms with Crippen LogP contribution in [0.1, 0.15) is 56.8 Å². The van der Waals surface area contributed by atoms with Crippen LogP contribution < -0.4 is 8.91 Å². The van der Waals surface area contributed by atoms with Gasteiger partial charge in [-0.3, -0.25) is 4.79 Å². The summed E-state index contributed by atoms with van der Waals surface area (Å²) in [6, 6.07) is 15.4. The molecule has 0 bridgehead atoms. The maximum atomic E-state index is 13.4. The highest BCUT2D eigenvalue weighted by molar-refractivity contribution is 7.78. The Morgan fingerprint density at radius 2 is 1.63 bits per heavy atom. The summed E-state index contributed by atoms with van der Waals surface area (Å²) < 4.78 is 33.6. The molecule has 0 fully saturated rings. The molecule has 0 aliphatic rings. The van der Waals surface area contributed by atoms with Gasteiger partial charge in [0.2, 0.25) is 0 Å². The minimum Gasteiger partial charge on any atom is -0.465 e. The van der Waals surface area contributed by atoms with Crippen LogP contribution in [0.4, 0.5) is 0 Å². The predicted molar refractivity (Wildman–Crippen MR) is 156 cm³/mol. The smallest absolute Gasteiger partial charge is 0.337 e. The molecule has 41 heavy (non-hydrogen) atoms. The van der Waals surface area contributed by atoms with Crippen molar-refractivity contribution in [3.8, 4) is 11.4 Å². The van der Waals surface area contributed by atoms with Gasteiger partial charge >= 0.3 is 11.9 Å². The van der Waals surface area contributed by atoms with E-state index in [-0.39, 0.29) is 0 Å². The van der Waals surface area contributed by atoms with Crippen molar-refractivity contribution < 1.29 is 27.5 Å². The Kier molecular flexibility index (Phi) is 9.36. The third-order valence-corrected chi connectivity index (χ3v) is 7.57. The number of esters is 2. The minimum atomic E-state index is -1.99. The van der Waals surface area contributed by atoms with Crippen LogP contribution in [0.15, 0.2) is 73.3 Å². The second-order valence-corrected chi connectivity index (χ2v) is 10.7. The van der Waals surface area contributed by atoms with Gasteiger partial charge in [0.1, 0.15) is 11.8 Å². The van der Waals surface area contributed by atoms with E-state index in [1.54, 1.807) is 43.7 Å². The van der Waals surface area contributed by atoms with Gasteiger partial charge in [-0.05, 0) is 87.7 Å². The standard InChI is InChI=1S/C31H33N3O6S/c1-19-7-11-26(12-8-19)40-41(37)33-23(5)30(35)39-29(28-21(3)15-24(16-22(28)4)31(36)38-6)27-17-25(10-9-20(27)2)34-14-13-32-18-34/h7-18,23,29,33H,1-6H3. The average Bonchev–Trinajstić information content (AvgIpc) is 3.48. The van der Waals surface area contributed by atoms with E-state index in [0.717, 1.165) is 39.1 Å². The Balaban J connectivity index is 1.67. The molecule has 4 aromatic rings. The molecule has 0 radical (unpaired) electrons. The van der Waals surface area contributed by atoms with Crippen molar-refractivity contribution in [3.05, 3.63) is 112 Å². The number of carbonyl (C=O) groups is 2. The Morgan fingerprint density at radius 1 is 0.951 bits per heavy atom. The number of nitrogens with one attached hydrogen (secondary N) is 1. The van der Waals surface area contributed by atoms with Crippen molar-refractivity contribution >= 4 is 23.2 Å². The molecule has 0 amide bonds. The molecule has 0 aliphatic carbocycles. The second-order valence-electron chi connectivity index (χ2n) is 9.81. The van der Waals surface area contributed by atoms with Crippen LogP contribution >= 0.6 is 0 Å². The molecule has 10 heteroatoms. The molecule has 3 unspecified atom stereocenters. The first kappa shape index (κ1) is 29.7. The summed E-state index contributed by atoms with van der Waals surface area (Å²) in [6.07, 6.45) is 4.37. The quantitative estimate of drug-likeness (QED) is 0.260. The van der Waals surface area contributed by atoms with Gasteiger partial charge in [-0.15, -0.1) is 0 Å². The van der Waals surface area contributed by atoms with Crippen LogP contribution in [0.5, 0.6) is 5.75 Å². The highest BCUT2D eigenvalue weighted by atomic mass is 32.2. The molecular formula is C31H33N3O6S. The monoisotopic (exact) mass is 575 g/mol. The van der Waals surface area contributed by atoms with Crippen LogP contribution in [0, 0.1) is 27.7 Å². The van der Waals surface area contributed by atoms with Crippen molar-refractivity contribution in [1.82, 2.24) is 14.3 Å². The van der Waals surface area contributed by atoms with Gasteiger partial charge < -0.3 is 18.2 Å². The lowest BCUT2D eigenvalue weighted by atomic mass is 9.89. The summed E-state index contributed by atoms with van der Waals surface area (Å²) in [4.78, 5) is 29.8. The van der Waals surface area contributed by atoms with Gasteiger partial charge in [0.15, 0.2) is 6.10 Å². The number of rotatable bonds is 10. The fourth-order valence-electron chi connectivity index (χ4n) is 4.50. The van der Waals surface area contributed by atoms with Crippen LogP contribution in [0.2, 0.25) is 0 Å². The van der Waals surface area contributed by atoms with E-state index in [2.05, 4.69) is 9.71 Å². The number of benzene rings is 3. The van der Waals surface area contributed by atoms with E-state index in [0.29, 0.717) is 11.3 Å². The second kappa shape index (κ2) is 12.9. The maximum Gasteiger partial charge on any atom is 0.337 e. The Morgan fingerprint density at radius 3 is 2.24 bits per heavy atom. The molecule has 0 aliphatic heterocycles. The van der Waals surface area contributed by atoms with E-state index < -0.39 is 35.4 Å². The number of hydrogen-bond donors (Lipinski definition) is 1.